The fourth-order valence-corrected chi connectivity index (χ4v) is 2.36. The number of cyclic esters (lactones) is 1. The molecule has 2 aliphatic heterocycles. The summed E-state index contributed by atoms with van der Waals surface area (Å²) in [6, 6.07) is 5.60. The van der Waals surface area contributed by atoms with Crippen LogP contribution in [-0.4, -0.2) is 25.4 Å². The number of benzene rings is 1. The number of fused-ring (bicyclic) bond motifs is 1. The van der Waals surface area contributed by atoms with Gasteiger partial charge in [-0.2, -0.15) is 5.26 Å². The van der Waals surface area contributed by atoms with Crippen molar-refractivity contribution < 1.29 is 19.0 Å². The van der Waals surface area contributed by atoms with Crippen LogP contribution in [0.15, 0.2) is 17.7 Å². The van der Waals surface area contributed by atoms with Crippen molar-refractivity contribution in [3.63, 3.8) is 0 Å². The number of nitrogens with one attached hydrogen (secondary N) is 1. The van der Waals surface area contributed by atoms with Crippen LogP contribution in [0.1, 0.15) is 18.9 Å². The standard InChI is InChI=1S/C15H14N2O4/c1-9-4-11(15(18)21-9)5-10-6-13-14(20-8-19-13)7-12(10)17-3-2-16/h5-7,9,17H,3-4,8H2,1H3/b11-5+. The smallest absolute Gasteiger partial charge is 0.334 e. The molecule has 0 spiro atoms. The van der Waals surface area contributed by atoms with Crippen molar-refractivity contribution in [1.82, 2.24) is 0 Å². The Morgan fingerprint density at radius 1 is 1.43 bits per heavy atom. The zero-order chi connectivity index (χ0) is 14.8. The van der Waals surface area contributed by atoms with Crippen LogP contribution in [-0.2, 0) is 9.53 Å². The molecular formula is C15H14N2O4. The lowest BCUT2D eigenvalue weighted by atomic mass is 10.1. The first kappa shape index (κ1) is 13.3. The van der Waals surface area contributed by atoms with Crippen LogP contribution in [0.4, 0.5) is 5.69 Å². The first-order chi connectivity index (χ1) is 10.2. The maximum Gasteiger partial charge on any atom is 0.334 e. The van der Waals surface area contributed by atoms with E-state index in [-0.39, 0.29) is 25.4 Å². The number of ether oxygens (including phenoxy) is 3. The molecule has 3 rings (SSSR count). The third-order valence-electron chi connectivity index (χ3n) is 3.31. The average molecular weight is 286 g/mol. The van der Waals surface area contributed by atoms with Gasteiger partial charge in [0, 0.05) is 29.3 Å². The summed E-state index contributed by atoms with van der Waals surface area (Å²) in [6.45, 7) is 2.19. The van der Waals surface area contributed by atoms with Gasteiger partial charge < -0.3 is 19.5 Å². The second kappa shape index (κ2) is 5.37. The summed E-state index contributed by atoms with van der Waals surface area (Å²) in [5, 5.41) is 11.7. The van der Waals surface area contributed by atoms with E-state index in [4.69, 9.17) is 19.5 Å². The largest absolute Gasteiger partial charge is 0.459 e. The molecule has 1 atom stereocenters. The Labute approximate surface area is 121 Å². The Morgan fingerprint density at radius 2 is 2.19 bits per heavy atom. The Balaban J connectivity index is 1.98. The van der Waals surface area contributed by atoms with E-state index in [1.54, 1.807) is 18.2 Å². The molecule has 108 valence electrons. The summed E-state index contributed by atoms with van der Waals surface area (Å²) in [4.78, 5) is 11.7. The van der Waals surface area contributed by atoms with Crippen LogP contribution in [0.25, 0.3) is 6.08 Å². The van der Waals surface area contributed by atoms with Crippen molar-refractivity contribution in [2.75, 3.05) is 18.7 Å². The molecule has 1 N–H and O–H groups in total. The second-order valence-corrected chi connectivity index (χ2v) is 4.89. The minimum atomic E-state index is -0.300. The Bertz CT molecular complexity index is 660. The molecule has 0 aromatic heterocycles. The van der Waals surface area contributed by atoms with E-state index in [1.165, 1.54) is 0 Å². The molecule has 2 heterocycles. The van der Waals surface area contributed by atoms with Crippen molar-refractivity contribution in [2.24, 2.45) is 0 Å². The summed E-state index contributed by atoms with van der Waals surface area (Å²) < 4.78 is 15.8. The molecule has 0 radical (unpaired) electrons. The summed E-state index contributed by atoms with van der Waals surface area (Å²) in [6.07, 6.45) is 2.24. The van der Waals surface area contributed by atoms with Crippen molar-refractivity contribution >= 4 is 17.7 Å². The molecule has 0 amide bonds. The molecule has 6 heteroatoms. The lowest BCUT2D eigenvalue weighted by Crippen LogP contribution is -2.01. The minimum Gasteiger partial charge on any atom is -0.459 e. The van der Waals surface area contributed by atoms with E-state index in [0.717, 1.165) is 11.3 Å². The van der Waals surface area contributed by atoms with Crippen LogP contribution in [0.5, 0.6) is 11.5 Å². The number of nitriles is 1. The quantitative estimate of drug-likeness (QED) is 0.520. The summed E-state index contributed by atoms with van der Waals surface area (Å²) in [5.74, 6) is 0.954. The number of nitrogens with zero attached hydrogens (tertiary/aromatic N) is 1. The van der Waals surface area contributed by atoms with Gasteiger partial charge in [0.05, 0.1) is 6.07 Å². The van der Waals surface area contributed by atoms with E-state index in [9.17, 15) is 4.79 Å². The van der Waals surface area contributed by atoms with Gasteiger partial charge in [-0.3, -0.25) is 0 Å². The molecule has 1 aromatic carbocycles. The van der Waals surface area contributed by atoms with Crippen LogP contribution in [0, 0.1) is 11.3 Å². The van der Waals surface area contributed by atoms with Gasteiger partial charge in [0.2, 0.25) is 6.79 Å². The molecule has 0 aliphatic carbocycles. The average Bonchev–Trinajstić information content (AvgIpc) is 3.02. The third-order valence-corrected chi connectivity index (χ3v) is 3.31. The van der Waals surface area contributed by atoms with Gasteiger partial charge in [0.1, 0.15) is 12.6 Å². The van der Waals surface area contributed by atoms with E-state index in [2.05, 4.69) is 5.32 Å². The highest BCUT2D eigenvalue weighted by molar-refractivity contribution is 5.96. The number of rotatable bonds is 3. The number of carbonyl (C=O) groups excluding carboxylic acids is 1. The fraction of sp³-hybridized carbons (Fsp3) is 0.333. The predicted molar refractivity (Wildman–Crippen MR) is 74.8 cm³/mol. The van der Waals surface area contributed by atoms with Gasteiger partial charge in [0.15, 0.2) is 11.5 Å². The topological polar surface area (TPSA) is 80.6 Å². The van der Waals surface area contributed by atoms with Gasteiger partial charge in [-0.1, -0.05) is 0 Å². The number of hydrogen-bond donors (Lipinski definition) is 1. The van der Waals surface area contributed by atoms with E-state index >= 15 is 0 Å². The van der Waals surface area contributed by atoms with Crippen molar-refractivity contribution in [2.45, 2.75) is 19.4 Å². The minimum absolute atomic E-state index is 0.103. The lowest BCUT2D eigenvalue weighted by molar-refractivity contribution is -0.138. The van der Waals surface area contributed by atoms with Crippen molar-refractivity contribution in [1.29, 1.82) is 5.26 Å². The maximum absolute atomic E-state index is 11.7. The number of esters is 1. The third kappa shape index (κ3) is 2.63. The zero-order valence-corrected chi connectivity index (χ0v) is 11.5. The van der Waals surface area contributed by atoms with Crippen LogP contribution >= 0.6 is 0 Å². The normalized spacial score (nSPS) is 21.2. The zero-order valence-electron chi connectivity index (χ0n) is 11.5. The number of anilines is 1. The monoisotopic (exact) mass is 286 g/mol. The summed E-state index contributed by atoms with van der Waals surface area (Å²) in [5.41, 5.74) is 2.11. The van der Waals surface area contributed by atoms with Crippen molar-refractivity contribution in [3.05, 3.63) is 23.3 Å². The molecule has 1 saturated heterocycles. The first-order valence-corrected chi connectivity index (χ1v) is 6.63. The van der Waals surface area contributed by atoms with Gasteiger partial charge in [-0.15, -0.1) is 0 Å². The van der Waals surface area contributed by atoms with Crippen LogP contribution < -0.4 is 14.8 Å². The van der Waals surface area contributed by atoms with E-state index < -0.39 is 0 Å². The lowest BCUT2D eigenvalue weighted by Gasteiger charge is -2.09. The maximum atomic E-state index is 11.7. The molecule has 6 nitrogen and oxygen atoms in total. The highest BCUT2D eigenvalue weighted by Crippen LogP contribution is 2.38. The SMILES string of the molecule is CC1C/C(=C\c2cc3c(cc2NCC#N)OCO3)C(=O)O1. The molecule has 0 saturated carbocycles. The Morgan fingerprint density at radius 3 is 2.86 bits per heavy atom. The number of carbonyl (C=O) groups is 1. The van der Waals surface area contributed by atoms with Gasteiger partial charge >= 0.3 is 5.97 Å². The van der Waals surface area contributed by atoms with E-state index in [1.807, 2.05) is 13.0 Å². The van der Waals surface area contributed by atoms with Gasteiger partial charge in [-0.05, 0) is 19.1 Å². The molecule has 1 fully saturated rings. The van der Waals surface area contributed by atoms with Crippen LogP contribution in [0.3, 0.4) is 0 Å². The van der Waals surface area contributed by atoms with Crippen molar-refractivity contribution in [3.8, 4) is 17.6 Å². The Hall–Kier alpha value is -2.68. The molecule has 21 heavy (non-hydrogen) atoms. The Kier molecular flexibility index (Phi) is 3.40. The highest BCUT2D eigenvalue weighted by atomic mass is 16.7. The summed E-state index contributed by atoms with van der Waals surface area (Å²) >= 11 is 0. The van der Waals surface area contributed by atoms with E-state index in [0.29, 0.717) is 23.5 Å². The fourth-order valence-electron chi connectivity index (χ4n) is 2.36. The van der Waals surface area contributed by atoms with Gasteiger partial charge in [-0.25, -0.2) is 4.79 Å². The predicted octanol–water partition coefficient (Wildman–Crippen LogP) is 2.07. The first-order valence-electron chi connectivity index (χ1n) is 6.63. The number of hydrogen-bond acceptors (Lipinski definition) is 6. The molecule has 1 unspecified atom stereocenters. The molecule has 2 aliphatic rings. The van der Waals surface area contributed by atoms with Crippen LogP contribution in [0.2, 0.25) is 0 Å². The molecule has 1 aromatic rings. The molecule has 0 bridgehead atoms. The van der Waals surface area contributed by atoms with Gasteiger partial charge in [0.25, 0.3) is 0 Å². The second-order valence-electron chi connectivity index (χ2n) is 4.89. The molecular weight excluding hydrogens is 272 g/mol. The summed E-state index contributed by atoms with van der Waals surface area (Å²) in [7, 11) is 0. The highest BCUT2D eigenvalue weighted by Gasteiger charge is 2.26.